The Bertz CT molecular complexity index is 3120. The van der Waals surface area contributed by atoms with Crippen LogP contribution in [0.2, 0.25) is 0 Å². The van der Waals surface area contributed by atoms with E-state index in [9.17, 15) is 112 Å². The Hall–Kier alpha value is -5.07. The third-order valence-electron chi connectivity index (χ3n) is 19.7. The van der Waals surface area contributed by atoms with Gasteiger partial charge in [0.2, 0.25) is 11.8 Å². The molecule has 25 N–H and O–H groups in total. The molecule has 14 fully saturated rings. The normalized spacial score (nSPS) is 47.4. The number of fused-ring (bicyclic) bond motifs is 5. The number of aliphatic hydroxyl groups excluding tert-OH is 19. The zero-order valence-electron chi connectivity index (χ0n) is 55.0. The second kappa shape index (κ2) is 34.2. The van der Waals surface area contributed by atoms with E-state index in [2.05, 4.69) is 21.3 Å². The number of phenols is 2. The molecule has 14 heterocycles. The molecule has 0 spiro atoms. The Morgan fingerprint density at radius 1 is 0.317 bits per heavy atom. The summed E-state index contributed by atoms with van der Waals surface area (Å²) in [5.74, 6) is -2.65. The molecule has 586 valence electrons. The number of hydrogen-bond donors (Lipinski definition) is 25. The van der Waals surface area contributed by atoms with Crippen LogP contribution in [0.3, 0.4) is 0 Å². The number of carbonyl (C=O) groups excluding carboxylic acids is 3. The van der Waals surface area contributed by atoms with Crippen LogP contribution in [0.25, 0.3) is 0 Å². The first-order valence-electron chi connectivity index (χ1n) is 33.5. The first-order chi connectivity index (χ1) is 49.6. The van der Waals surface area contributed by atoms with E-state index in [1.165, 1.54) is 55.5 Å². The van der Waals surface area contributed by atoms with Crippen molar-refractivity contribution in [3.05, 3.63) is 59.7 Å². The van der Waals surface area contributed by atoms with Crippen LogP contribution in [0.4, 0.5) is 4.79 Å². The van der Waals surface area contributed by atoms with Gasteiger partial charge in [-0.25, -0.2) is 4.79 Å². The second-order valence-corrected chi connectivity index (χ2v) is 26.7. The van der Waals surface area contributed by atoms with Crippen molar-refractivity contribution in [3.8, 4) is 11.5 Å². The summed E-state index contributed by atoms with van der Waals surface area (Å²) < 4.78 is 83.4. The van der Waals surface area contributed by atoms with Crippen molar-refractivity contribution in [2.75, 3.05) is 39.6 Å². The third kappa shape index (κ3) is 16.9. The van der Waals surface area contributed by atoms with Crippen molar-refractivity contribution in [1.82, 2.24) is 21.3 Å². The highest BCUT2D eigenvalue weighted by Crippen LogP contribution is 2.40. The van der Waals surface area contributed by atoms with Crippen LogP contribution in [-0.4, -0.2) is 398 Å². The van der Waals surface area contributed by atoms with Gasteiger partial charge < -0.3 is 195 Å². The van der Waals surface area contributed by atoms with Gasteiger partial charge in [-0.1, -0.05) is 24.3 Å². The Kier molecular flexibility index (Phi) is 26.3. The van der Waals surface area contributed by atoms with Gasteiger partial charge in [-0.05, 0) is 42.3 Å². The van der Waals surface area contributed by atoms with E-state index >= 15 is 9.59 Å². The number of aromatic hydroxyl groups is 2. The van der Waals surface area contributed by atoms with Gasteiger partial charge >= 0.3 is 6.03 Å². The molecule has 0 radical (unpaired) electrons. The molecular formula is C62H90N4O38. The molecule has 42 heteroatoms. The smallest absolute Gasteiger partial charge is 0.315 e. The number of ether oxygens (including phenoxy) is 14. The van der Waals surface area contributed by atoms with E-state index in [1.54, 1.807) is 0 Å². The second-order valence-electron chi connectivity index (χ2n) is 26.7. The summed E-state index contributed by atoms with van der Waals surface area (Å²) >= 11 is 0. The molecule has 14 saturated heterocycles. The van der Waals surface area contributed by atoms with Crippen molar-refractivity contribution in [2.45, 2.75) is 253 Å². The highest BCUT2D eigenvalue weighted by molar-refractivity contribution is 5.92. The van der Waals surface area contributed by atoms with Gasteiger partial charge in [0.05, 0.1) is 39.1 Å². The van der Waals surface area contributed by atoms with E-state index in [0.29, 0.717) is 0 Å². The molecule has 104 heavy (non-hydrogen) atoms. The van der Waals surface area contributed by atoms with Crippen LogP contribution >= 0.6 is 0 Å². The first-order valence-corrected chi connectivity index (χ1v) is 33.5. The largest absolute Gasteiger partial charge is 0.508 e. The lowest BCUT2D eigenvalue weighted by molar-refractivity contribution is -0.396. The fourth-order valence-electron chi connectivity index (χ4n) is 13.9. The molecule has 14 bridgehead atoms. The topological polar surface area (TPSA) is 653 Å². The standard InChI is InChI=1S/C62H90N4O38/c1-18-45-52-37(80)44(87)61(97-45)103-51-30(17-71)95-59(42(85)35(51)78)100-48-27(14-68)92-56(39(82)32(48)75)98-46-25(12-63-62(90)66-24(11-20-4-8-22(73)9-5-20)54(89)65-23(53(88)64-18)10-19-2-6-21(72)7-3-19)91-55(38(81)31(46)74)99-47-26(13-67)93-57(40(83)33(47)76)101-49-28(15-69)94-58(41(84)34(49)77)102-50-29(16-70)96-60(104-52)43(86)36(50)79/h2-9,18,23-52,55-61,67-87H,10-17H2,1H3,(H,64,88)(H,65,89)(H2,63,66,90)/t18-,23+,24+,25-,26-,27-,28-,29-,30-,31?,32?,33?,34?,35?,36?,37?,38?,39?,40-,41?,42?,43?,44?,45-,46-,47-,48-,49-,50-,51-,52+,55-,56-,57-,58-,59-,60-,61-/m1/s1. The highest BCUT2D eigenvalue weighted by Gasteiger charge is 2.60. The summed E-state index contributed by atoms with van der Waals surface area (Å²) in [5, 5.41) is 250. The summed E-state index contributed by atoms with van der Waals surface area (Å²) in [4.78, 5) is 44.6. The van der Waals surface area contributed by atoms with Crippen LogP contribution in [0.15, 0.2) is 48.5 Å². The minimum atomic E-state index is -2.40. The number of amides is 4. The number of rotatable bonds is 9. The van der Waals surface area contributed by atoms with Crippen molar-refractivity contribution in [3.63, 3.8) is 0 Å². The molecular weight excluding hydrogens is 1410 g/mol. The lowest BCUT2D eigenvalue weighted by Gasteiger charge is -2.50. The lowest BCUT2D eigenvalue weighted by Crippen LogP contribution is -2.69. The molecule has 16 rings (SSSR count). The average molecular weight is 1500 g/mol. The number of nitrogens with one attached hydrogen (secondary N) is 4. The van der Waals surface area contributed by atoms with Gasteiger partial charge in [-0.3, -0.25) is 9.59 Å². The van der Waals surface area contributed by atoms with Gasteiger partial charge in [0.25, 0.3) is 0 Å². The van der Waals surface area contributed by atoms with Gasteiger partial charge in [-0.15, -0.1) is 0 Å². The fraction of sp³-hybridized carbons (Fsp3) is 0.758. The molecule has 0 aromatic heterocycles. The van der Waals surface area contributed by atoms with E-state index in [4.69, 9.17) is 66.3 Å². The first kappa shape index (κ1) is 80.0. The maximum atomic E-state index is 15.1. The van der Waals surface area contributed by atoms with Crippen molar-refractivity contribution in [2.24, 2.45) is 0 Å². The molecule has 14 aliphatic heterocycles. The van der Waals surface area contributed by atoms with Crippen molar-refractivity contribution in [1.29, 1.82) is 0 Å². The fourth-order valence-corrected chi connectivity index (χ4v) is 13.9. The van der Waals surface area contributed by atoms with Gasteiger partial charge in [0.15, 0.2) is 44.0 Å². The Labute approximate surface area is 589 Å². The monoisotopic (exact) mass is 1500 g/mol. The number of urea groups is 1. The average Bonchev–Trinajstić information content (AvgIpc) is 0.777. The SMILES string of the molecule is C[C@H]1NC(=O)[C@H](Cc2ccc(O)cc2)NC(=O)[C@H](Cc2ccc(O)cc2)NC(=O)NC[C@H]2O[C@@H]3O[C@H]4C(O)[C@@H](O)[C@H](O[C@@H]4CO)O[C@H]4C(O)C(O)[C@H](O[C@@H]4CO)O[C@H]4C(O)C(O)[C@H](O[C@@H]4CO)O[C@H]4C(O)C(O)[C@H](O[C@H]14)O[C@H]1C(O)C(O)[C@H](O[C@@H]1CO)O[C@H]1C(O)C(O)[C@H](O[C@@H]1CO)O[C@H]2C(O)C3O. The number of carbonyl (C=O) groups is 3. The summed E-state index contributed by atoms with van der Waals surface area (Å²) in [6.45, 7) is -5.36. The van der Waals surface area contributed by atoms with Crippen LogP contribution in [0.5, 0.6) is 11.5 Å². The summed E-state index contributed by atoms with van der Waals surface area (Å²) in [6.07, 6.45) is -76.4. The molecule has 0 aliphatic carbocycles. The Morgan fingerprint density at radius 3 is 0.913 bits per heavy atom. The number of hydrogen-bond acceptors (Lipinski definition) is 38. The van der Waals surface area contributed by atoms with Crippen LogP contribution in [-0.2, 0) is 88.7 Å². The van der Waals surface area contributed by atoms with Crippen LogP contribution < -0.4 is 21.3 Å². The zero-order chi connectivity index (χ0) is 75.0. The predicted molar refractivity (Wildman–Crippen MR) is 328 cm³/mol. The maximum absolute atomic E-state index is 15.1. The van der Waals surface area contributed by atoms with Gasteiger partial charge in [0, 0.05) is 19.4 Å². The van der Waals surface area contributed by atoms with E-state index < -0.39 is 303 Å². The zero-order valence-corrected chi connectivity index (χ0v) is 55.0. The number of benzene rings is 2. The molecule has 38 atom stereocenters. The molecule has 2 aromatic carbocycles. The van der Waals surface area contributed by atoms with E-state index in [0.717, 1.165) is 0 Å². The van der Waals surface area contributed by atoms with Crippen molar-refractivity contribution < 1.29 is 188 Å². The summed E-state index contributed by atoms with van der Waals surface area (Å²) in [6, 6.07) is 4.16. The highest BCUT2D eigenvalue weighted by atomic mass is 16.8. The Morgan fingerprint density at radius 2 is 0.577 bits per heavy atom. The molecule has 0 saturated carbocycles. The third-order valence-corrected chi connectivity index (χ3v) is 19.7. The maximum Gasteiger partial charge on any atom is 0.315 e. The van der Waals surface area contributed by atoms with E-state index in [1.807, 2.05) is 0 Å². The van der Waals surface area contributed by atoms with Crippen LogP contribution in [0.1, 0.15) is 18.1 Å². The minimum Gasteiger partial charge on any atom is -0.508 e. The quantitative estimate of drug-likeness (QED) is 0.111. The lowest BCUT2D eigenvalue weighted by atomic mass is 9.92. The van der Waals surface area contributed by atoms with Crippen molar-refractivity contribution >= 4 is 17.8 Å². The Balaban J connectivity index is 1.03. The predicted octanol–water partition coefficient (Wildman–Crippen LogP) is -13.6. The minimum absolute atomic E-state index is 0.212. The van der Waals surface area contributed by atoms with Gasteiger partial charge in [-0.2, -0.15) is 0 Å². The number of phenolic OH excluding ortho intramolecular Hbond substituents is 2. The summed E-state index contributed by atoms with van der Waals surface area (Å²) in [7, 11) is 0. The number of aliphatic hydroxyl groups is 19. The molecule has 4 amide bonds. The van der Waals surface area contributed by atoms with Gasteiger partial charge in [0.1, 0.15) is 194 Å². The molecule has 13 unspecified atom stereocenters. The molecule has 14 aliphatic rings. The van der Waals surface area contributed by atoms with Crippen LogP contribution in [0, 0.1) is 0 Å². The summed E-state index contributed by atoms with van der Waals surface area (Å²) in [5.41, 5.74) is 0.555. The van der Waals surface area contributed by atoms with E-state index in [-0.39, 0.29) is 22.6 Å². The molecule has 2 aromatic rings. The molecule has 42 nitrogen and oxygen atoms in total.